The summed E-state index contributed by atoms with van der Waals surface area (Å²) >= 11 is 1.95. The van der Waals surface area contributed by atoms with Gasteiger partial charge >= 0.3 is 0 Å². The van der Waals surface area contributed by atoms with Gasteiger partial charge in [0.05, 0.1) is 0 Å². The van der Waals surface area contributed by atoms with Crippen LogP contribution in [0.2, 0.25) is 0 Å². The first kappa shape index (κ1) is 13.0. The van der Waals surface area contributed by atoms with Gasteiger partial charge < -0.3 is 5.11 Å². The second kappa shape index (κ2) is 7.12. The highest BCUT2D eigenvalue weighted by atomic mass is 32.2. The first-order chi connectivity index (χ1) is 8.86. The summed E-state index contributed by atoms with van der Waals surface area (Å²) in [5, 5.41) is 9.64. The first-order valence-electron chi connectivity index (χ1n) is 6.25. The summed E-state index contributed by atoms with van der Waals surface area (Å²) in [4.78, 5) is 0. The Morgan fingerprint density at radius 1 is 0.889 bits per heavy atom. The van der Waals surface area contributed by atoms with Gasteiger partial charge in [0.15, 0.2) is 0 Å². The van der Waals surface area contributed by atoms with Crippen molar-refractivity contribution in [2.24, 2.45) is 0 Å². The van der Waals surface area contributed by atoms with Gasteiger partial charge in [-0.1, -0.05) is 48.5 Å². The minimum absolute atomic E-state index is 0.422. The molecule has 0 spiro atoms. The Labute approximate surface area is 113 Å². The van der Waals surface area contributed by atoms with Crippen molar-refractivity contribution in [3.8, 4) is 5.75 Å². The number of rotatable bonds is 6. The standard InChI is InChI=1S/C16H18OS/c17-16-11-5-4-9-15(16)10-6-12-18-13-14-7-2-1-3-8-14/h1-5,7-9,11,17H,6,10,12-13H2. The molecular weight excluding hydrogens is 240 g/mol. The summed E-state index contributed by atoms with van der Waals surface area (Å²) in [5.74, 6) is 2.62. The Hall–Kier alpha value is -1.41. The molecule has 0 radical (unpaired) electrons. The van der Waals surface area contributed by atoms with Gasteiger partial charge in [0.25, 0.3) is 0 Å². The van der Waals surface area contributed by atoms with Crippen molar-refractivity contribution in [2.75, 3.05) is 5.75 Å². The Morgan fingerprint density at radius 2 is 1.61 bits per heavy atom. The van der Waals surface area contributed by atoms with Gasteiger partial charge in [-0.15, -0.1) is 0 Å². The predicted octanol–water partition coefficient (Wildman–Crippen LogP) is 4.26. The van der Waals surface area contributed by atoms with Gasteiger partial charge in [-0.05, 0) is 35.8 Å². The lowest BCUT2D eigenvalue weighted by molar-refractivity contribution is 0.467. The molecule has 0 atom stereocenters. The molecule has 94 valence electrons. The van der Waals surface area contributed by atoms with E-state index in [-0.39, 0.29) is 0 Å². The zero-order chi connectivity index (χ0) is 12.6. The fourth-order valence-corrected chi connectivity index (χ4v) is 2.77. The number of phenolic OH excluding ortho intramolecular Hbond substituents is 1. The fraction of sp³-hybridized carbons (Fsp3) is 0.250. The van der Waals surface area contributed by atoms with Gasteiger partial charge in [0, 0.05) is 5.75 Å². The minimum Gasteiger partial charge on any atom is -0.508 e. The van der Waals surface area contributed by atoms with E-state index >= 15 is 0 Å². The Bertz CT molecular complexity index is 468. The number of hydrogen-bond acceptors (Lipinski definition) is 2. The Kier molecular flexibility index (Phi) is 5.15. The van der Waals surface area contributed by atoms with Crippen molar-refractivity contribution in [3.05, 3.63) is 65.7 Å². The Balaban J connectivity index is 1.66. The molecule has 0 aromatic heterocycles. The Morgan fingerprint density at radius 3 is 2.39 bits per heavy atom. The summed E-state index contributed by atoms with van der Waals surface area (Å²) in [7, 11) is 0. The molecule has 0 aliphatic carbocycles. The molecule has 2 aromatic rings. The summed E-state index contributed by atoms with van der Waals surface area (Å²) in [5.41, 5.74) is 2.43. The molecule has 2 rings (SSSR count). The first-order valence-corrected chi connectivity index (χ1v) is 7.40. The second-order valence-electron chi connectivity index (χ2n) is 4.27. The highest BCUT2D eigenvalue weighted by Crippen LogP contribution is 2.19. The molecule has 2 heteroatoms. The number of aryl methyl sites for hydroxylation is 1. The zero-order valence-electron chi connectivity index (χ0n) is 10.4. The molecule has 0 saturated heterocycles. The van der Waals surface area contributed by atoms with Crippen molar-refractivity contribution < 1.29 is 5.11 Å². The van der Waals surface area contributed by atoms with Crippen molar-refractivity contribution in [1.29, 1.82) is 0 Å². The number of para-hydroxylation sites is 1. The molecule has 0 aliphatic rings. The van der Waals surface area contributed by atoms with E-state index in [1.165, 1.54) is 5.56 Å². The molecule has 2 aromatic carbocycles. The topological polar surface area (TPSA) is 20.2 Å². The molecule has 18 heavy (non-hydrogen) atoms. The minimum atomic E-state index is 0.422. The molecule has 0 amide bonds. The van der Waals surface area contributed by atoms with Gasteiger partial charge in [-0.2, -0.15) is 11.8 Å². The number of aromatic hydroxyl groups is 1. The van der Waals surface area contributed by atoms with E-state index in [2.05, 4.69) is 24.3 Å². The monoisotopic (exact) mass is 258 g/mol. The largest absolute Gasteiger partial charge is 0.508 e. The zero-order valence-corrected chi connectivity index (χ0v) is 11.2. The van der Waals surface area contributed by atoms with Crippen LogP contribution < -0.4 is 0 Å². The van der Waals surface area contributed by atoms with Crippen LogP contribution in [0.5, 0.6) is 5.75 Å². The average molecular weight is 258 g/mol. The molecule has 0 heterocycles. The van der Waals surface area contributed by atoms with E-state index in [0.29, 0.717) is 5.75 Å². The average Bonchev–Trinajstić information content (AvgIpc) is 2.42. The number of thioether (sulfide) groups is 1. The highest BCUT2D eigenvalue weighted by Gasteiger charge is 1.99. The molecule has 1 N–H and O–H groups in total. The second-order valence-corrected chi connectivity index (χ2v) is 5.38. The van der Waals surface area contributed by atoms with Crippen molar-refractivity contribution >= 4 is 11.8 Å². The molecule has 0 aliphatic heterocycles. The van der Waals surface area contributed by atoms with E-state index in [0.717, 1.165) is 29.9 Å². The maximum absolute atomic E-state index is 9.64. The quantitative estimate of drug-likeness (QED) is 0.781. The van der Waals surface area contributed by atoms with E-state index in [1.807, 2.05) is 36.0 Å². The van der Waals surface area contributed by atoms with Crippen LogP contribution in [-0.4, -0.2) is 10.9 Å². The summed E-state index contributed by atoms with van der Waals surface area (Å²) < 4.78 is 0. The van der Waals surface area contributed by atoms with Crippen LogP contribution in [0.1, 0.15) is 17.5 Å². The lowest BCUT2D eigenvalue weighted by atomic mass is 10.1. The lowest BCUT2D eigenvalue weighted by Gasteiger charge is -2.04. The van der Waals surface area contributed by atoms with E-state index in [4.69, 9.17) is 0 Å². The van der Waals surface area contributed by atoms with Crippen LogP contribution in [-0.2, 0) is 12.2 Å². The van der Waals surface area contributed by atoms with Crippen LogP contribution in [0.25, 0.3) is 0 Å². The molecular formula is C16H18OS. The number of benzene rings is 2. The summed E-state index contributed by atoms with van der Waals surface area (Å²) in [6.45, 7) is 0. The molecule has 0 unspecified atom stereocenters. The third-order valence-electron chi connectivity index (χ3n) is 2.84. The van der Waals surface area contributed by atoms with E-state index in [9.17, 15) is 5.11 Å². The van der Waals surface area contributed by atoms with Crippen LogP contribution in [0.4, 0.5) is 0 Å². The molecule has 0 bridgehead atoms. The number of phenols is 1. The smallest absolute Gasteiger partial charge is 0.118 e. The van der Waals surface area contributed by atoms with Gasteiger partial charge in [-0.25, -0.2) is 0 Å². The number of hydrogen-bond donors (Lipinski definition) is 1. The fourth-order valence-electron chi connectivity index (χ4n) is 1.85. The maximum Gasteiger partial charge on any atom is 0.118 e. The van der Waals surface area contributed by atoms with Crippen LogP contribution in [0.15, 0.2) is 54.6 Å². The lowest BCUT2D eigenvalue weighted by Crippen LogP contribution is -1.89. The normalized spacial score (nSPS) is 10.4. The van der Waals surface area contributed by atoms with E-state index in [1.54, 1.807) is 6.07 Å². The highest BCUT2D eigenvalue weighted by molar-refractivity contribution is 7.98. The van der Waals surface area contributed by atoms with Crippen LogP contribution in [0.3, 0.4) is 0 Å². The van der Waals surface area contributed by atoms with Gasteiger partial charge in [0.1, 0.15) is 5.75 Å². The van der Waals surface area contributed by atoms with Gasteiger partial charge in [0.2, 0.25) is 0 Å². The SMILES string of the molecule is Oc1ccccc1CCCSCc1ccccc1. The van der Waals surface area contributed by atoms with Gasteiger partial charge in [-0.3, -0.25) is 0 Å². The van der Waals surface area contributed by atoms with Crippen molar-refractivity contribution in [3.63, 3.8) is 0 Å². The third-order valence-corrected chi connectivity index (χ3v) is 3.95. The van der Waals surface area contributed by atoms with Crippen LogP contribution in [0, 0.1) is 0 Å². The predicted molar refractivity (Wildman–Crippen MR) is 79.0 cm³/mol. The summed E-state index contributed by atoms with van der Waals surface area (Å²) in [6.07, 6.45) is 2.06. The molecule has 0 fully saturated rings. The maximum atomic E-state index is 9.64. The van der Waals surface area contributed by atoms with Crippen molar-refractivity contribution in [2.45, 2.75) is 18.6 Å². The molecule has 0 saturated carbocycles. The third kappa shape index (κ3) is 4.11. The van der Waals surface area contributed by atoms with Crippen LogP contribution >= 0.6 is 11.8 Å². The van der Waals surface area contributed by atoms with E-state index < -0.39 is 0 Å². The van der Waals surface area contributed by atoms with Crippen molar-refractivity contribution in [1.82, 2.24) is 0 Å². The molecule has 1 nitrogen and oxygen atoms in total. The summed E-state index contributed by atoms with van der Waals surface area (Å²) in [6, 6.07) is 18.1.